The summed E-state index contributed by atoms with van der Waals surface area (Å²) in [6, 6.07) is 8.99. The van der Waals surface area contributed by atoms with Crippen LogP contribution < -0.4 is 10.6 Å². The van der Waals surface area contributed by atoms with E-state index < -0.39 is 0 Å². The molecular weight excluding hydrogens is 232 g/mol. The third kappa shape index (κ3) is 4.11. The third-order valence-corrected chi connectivity index (χ3v) is 3.26. The third-order valence-electron chi connectivity index (χ3n) is 3.26. The normalized spacial score (nSPS) is 18.6. The summed E-state index contributed by atoms with van der Waals surface area (Å²) < 4.78 is 0. The zero-order chi connectivity index (χ0) is 13.5. The first-order valence-corrected chi connectivity index (χ1v) is 6.89. The van der Waals surface area contributed by atoms with Crippen LogP contribution in [0.25, 0.3) is 6.08 Å². The second-order valence-corrected chi connectivity index (χ2v) is 4.68. The molecule has 1 aliphatic carbocycles. The van der Waals surface area contributed by atoms with E-state index in [-0.39, 0.29) is 0 Å². The molecule has 0 aromatic heterocycles. The van der Waals surface area contributed by atoms with Crippen LogP contribution in [0.4, 0.5) is 5.69 Å². The molecule has 1 aromatic carbocycles. The number of nitrogens with one attached hydrogen (secondary N) is 2. The molecule has 0 saturated heterocycles. The molecule has 2 rings (SSSR count). The lowest BCUT2D eigenvalue weighted by molar-refractivity contribution is 0.670. The van der Waals surface area contributed by atoms with Gasteiger partial charge in [0.1, 0.15) is 0 Å². The highest BCUT2D eigenvalue weighted by molar-refractivity contribution is 5.58. The molecule has 0 radical (unpaired) electrons. The molecule has 2 N–H and O–H groups in total. The molecule has 1 atom stereocenters. The lowest BCUT2D eigenvalue weighted by Gasteiger charge is -2.13. The minimum atomic E-state index is 0.483. The second kappa shape index (κ2) is 6.95. The van der Waals surface area contributed by atoms with Crippen LogP contribution in [0.1, 0.15) is 18.9 Å². The van der Waals surface area contributed by atoms with Gasteiger partial charge in [0, 0.05) is 18.3 Å². The fourth-order valence-corrected chi connectivity index (χ4v) is 2.08. The Morgan fingerprint density at radius 3 is 2.58 bits per heavy atom. The standard InChI is InChI=1S/C17H22N2/c1-3-19-17-12-8-15(9-13-17)5-4-14-6-10-16(18-2)11-7-14/h4-10,12-13,16,18-19H,3,11H2,1-2H3/b5-4+. The predicted octanol–water partition coefficient (Wildman–Crippen LogP) is 3.61. The Kier molecular flexibility index (Phi) is 4.99. The van der Waals surface area contributed by atoms with Gasteiger partial charge in [-0.25, -0.2) is 0 Å². The molecule has 2 nitrogen and oxygen atoms in total. The van der Waals surface area contributed by atoms with E-state index >= 15 is 0 Å². The maximum absolute atomic E-state index is 3.30. The Hall–Kier alpha value is -1.80. The Morgan fingerprint density at radius 1 is 1.21 bits per heavy atom. The van der Waals surface area contributed by atoms with Crippen LogP contribution in [0.15, 0.2) is 54.1 Å². The molecule has 1 aliphatic rings. The summed E-state index contributed by atoms with van der Waals surface area (Å²) in [5.41, 5.74) is 3.68. The van der Waals surface area contributed by atoms with Crippen molar-refractivity contribution >= 4 is 11.8 Å². The van der Waals surface area contributed by atoms with E-state index in [4.69, 9.17) is 0 Å². The molecule has 0 aliphatic heterocycles. The van der Waals surface area contributed by atoms with E-state index in [1.807, 2.05) is 7.05 Å². The Labute approximate surface area is 115 Å². The lowest BCUT2D eigenvalue weighted by Crippen LogP contribution is -2.23. The summed E-state index contributed by atoms with van der Waals surface area (Å²) >= 11 is 0. The molecule has 0 bridgehead atoms. The first-order valence-electron chi connectivity index (χ1n) is 6.89. The number of allylic oxidation sites excluding steroid dienone is 3. The largest absolute Gasteiger partial charge is 0.385 e. The number of likely N-dealkylation sites (N-methyl/N-ethyl adjacent to an activating group) is 1. The van der Waals surface area contributed by atoms with Gasteiger partial charge in [-0.3, -0.25) is 0 Å². The number of hydrogen-bond acceptors (Lipinski definition) is 2. The maximum Gasteiger partial charge on any atom is 0.0340 e. The summed E-state index contributed by atoms with van der Waals surface area (Å²) in [5, 5.41) is 6.55. The Balaban J connectivity index is 1.96. The minimum absolute atomic E-state index is 0.483. The first-order chi connectivity index (χ1) is 9.31. The quantitative estimate of drug-likeness (QED) is 0.839. The molecule has 0 saturated carbocycles. The van der Waals surface area contributed by atoms with Gasteiger partial charge in [-0.05, 0) is 43.7 Å². The minimum Gasteiger partial charge on any atom is -0.385 e. The molecule has 19 heavy (non-hydrogen) atoms. The number of benzene rings is 1. The molecular formula is C17H22N2. The van der Waals surface area contributed by atoms with Gasteiger partial charge in [0.25, 0.3) is 0 Å². The van der Waals surface area contributed by atoms with E-state index in [0.717, 1.165) is 13.0 Å². The van der Waals surface area contributed by atoms with Crippen molar-refractivity contribution in [3.05, 3.63) is 59.7 Å². The van der Waals surface area contributed by atoms with Gasteiger partial charge in [0.15, 0.2) is 0 Å². The molecule has 100 valence electrons. The number of hydrogen-bond donors (Lipinski definition) is 2. The van der Waals surface area contributed by atoms with Crippen LogP contribution in [-0.4, -0.2) is 19.6 Å². The summed E-state index contributed by atoms with van der Waals surface area (Å²) in [6.45, 7) is 3.06. The molecule has 0 fully saturated rings. The van der Waals surface area contributed by atoms with Crippen LogP contribution in [0.3, 0.4) is 0 Å². The zero-order valence-corrected chi connectivity index (χ0v) is 11.7. The van der Waals surface area contributed by atoms with Crippen molar-refractivity contribution in [1.29, 1.82) is 0 Å². The van der Waals surface area contributed by atoms with E-state index in [9.17, 15) is 0 Å². The van der Waals surface area contributed by atoms with Gasteiger partial charge >= 0.3 is 0 Å². The SMILES string of the molecule is CCNc1ccc(/C=C/C2=CCC(NC)C=C2)cc1. The van der Waals surface area contributed by atoms with Gasteiger partial charge < -0.3 is 10.6 Å². The maximum atomic E-state index is 3.30. The van der Waals surface area contributed by atoms with Crippen LogP contribution in [0.5, 0.6) is 0 Å². The monoisotopic (exact) mass is 254 g/mol. The summed E-state index contributed by atoms with van der Waals surface area (Å²) in [7, 11) is 2.00. The topological polar surface area (TPSA) is 24.1 Å². The summed E-state index contributed by atoms with van der Waals surface area (Å²) in [6.07, 6.45) is 12.1. The van der Waals surface area contributed by atoms with Crippen LogP contribution in [0, 0.1) is 0 Å². The first kappa shape index (κ1) is 13.6. The van der Waals surface area contributed by atoms with Gasteiger partial charge in [-0.15, -0.1) is 0 Å². The van der Waals surface area contributed by atoms with Crippen molar-refractivity contribution in [1.82, 2.24) is 5.32 Å². The number of anilines is 1. The smallest absolute Gasteiger partial charge is 0.0340 e. The molecule has 1 aromatic rings. The van der Waals surface area contributed by atoms with Gasteiger partial charge in [-0.2, -0.15) is 0 Å². The molecule has 0 heterocycles. The highest BCUT2D eigenvalue weighted by Crippen LogP contribution is 2.15. The van der Waals surface area contributed by atoms with E-state index in [2.05, 4.69) is 72.2 Å². The van der Waals surface area contributed by atoms with Crippen molar-refractivity contribution in [3.63, 3.8) is 0 Å². The lowest BCUT2D eigenvalue weighted by atomic mass is 10.0. The summed E-state index contributed by atoms with van der Waals surface area (Å²) in [5.74, 6) is 0. The highest BCUT2D eigenvalue weighted by atomic mass is 14.9. The average Bonchev–Trinajstić information content (AvgIpc) is 2.47. The van der Waals surface area contributed by atoms with Crippen molar-refractivity contribution in [2.24, 2.45) is 0 Å². The zero-order valence-electron chi connectivity index (χ0n) is 11.7. The molecule has 0 spiro atoms. The van der Waals surface area contributed by atoms with Crippen LogP contribution >= 0.6 is 0 Å². The molecule has 2 heteroatoms. The van der Waals surface area contributed by atoms with E-state index in [1.165, 1.54) is 16.8 Å². The van der Waals surface area contributed by atoms with Crippen LogP contribution in [-0.2, 0) is 0 Å². The predicted molar refractivity (Wildman–Crippen MR) is 84.3 cm³/mol. The van der Waals surface area contributed by atoms with Crippen molar-refractivity contribution < 1.29 is 0 Å². The van der Waals surface area contributed by atoms with E-state index in [1.54, 1.807) is 0 Å². The molecule has 0 amide bonds. The second-order valence-electron chi connectivity index (χ2n) is 4.68. The van der Waals surface area contributed by atoms with Crippen molar-refractivity contribution in [2.75, 3.05) is 18.9 Å². The van der Waals surface area contributed by atoms with Crippen molar-refractivity contribution in [3.8, 4) is 0 Å². The van der Waals surface area contributed by atoms with Gasteiger partial charge in [-0.1, -0.05) is 42.5 Å². The van der Waals surface area contributed by atoms with Crippen molar-refractivity contribution in [2.45, 2.75) is 19.4 Å². The average molecular weight is 254 g/mol. The number of rotatable bonds is 5. The van der Waals surface area contributed by atoms with Crippen LogP contribution in [0.2, 0.25) is 0 Å². The Morgan fingerprint density at radius 2 is 2.00 bits per heavy atom. The molecule has 1 unspecified atom stereocenters. The fraction of sp³-hybridized carbons (Fsp3) is 0.294. The van der Waals surface area contributed by atoms with Gasteiger partial charge in [0.05, 0.1) is 0 Å². The highest BCUT2D eigenvalue weighted by Gasteiger charge is 2.03. The fourth-order valence-electron chi connectivity index (χ4n) is 2.08. The van der Waals surface area contributed by atoms with Gasteiger partial charge in [0.2, 0.25) is 0 Å². The Bertz CT molecular complexity index is 480. The summed E-state index contributed by atoms with van der Waals surface area (Å²) in [4.78, 5) is 0. The van der Waals surface area contributed by atoms with E-state index in [0.29, 0.717) is 6.04 Å².